The highest BCUT2D eigenvalue weighted by Crippen LogP contribution is 2.37. The Hall–Kier alpha value is -2.57. The Bertz CT molecular complexity index is 952. The van der Waals surface area contributed by atoms with Crippen LogP contribution in [0.15, 0.2) is 42.5 Å². The number of hydrogen-bond donors (Lipinski definition) is 2. The number of rotatable bonds is 6. The number of ether oxygens (including phenoxy) is 1. The number of nitrogens with zero attached hydrogens (tertiary/aromatic N) is 1. The number of halogens is 1. The van der Waals surface area contributed by atoms with Gasteiger partial charge in [-0.15, -0.1) is 0 Å². The van der Waals surface area contributed by atoms with Crippen LogP contribution < -0.4 is 15.4 Å². The van der Waals surface area contributed by atoms with Crippen LogP contribution in [0, 0.1) is 0 Å². The molecular weight excluding hydrogens is 414 g/mol. The fourth-order valence-electron chi connectivity index (χ4n) is 4.89. The van der Waals surface area contributed by atoms with Gasteiger partial charge in [-0.25, -0.2) is 0 Å². The molecule has 31 heavy (non-hydrogen) atoms. The van der Waals surface area contributed by atoms with Crippen LogP contribution in [0.2, 0.25) is 5.02 Å². The highest BCUT2D eigenvalue weighted by molar-refractivity contribution is 6.34. The normalized spacial score (nSPS) is 22.7. The SMILES string of the molecule is COc1cc(NC(C)=O)c(Cl)cc1C(=O)NC1CC2CCC(C1)N2Cc1ccccc1. The van der Waals surface area contributed by atoms with E-state index >= 15 is 0 Å². The first kappa shape index (κ1) is 21.7. The molecule has 6 nitrogen and oxygen atoms in total. The molecule has 2 aliphatic heterocycles. The van der Waals surface area contributed by atoms with Gasteiger partial charge in [-0.2, -0.15) is 0 Å². The maximum Gasteiger partial charge on any atom is 0.255 e. The van der Waals surface area contributed by atoms with E-state index in [1.54, 1.807) is 12.1 Å². The Morgan fingerprint density at radius 1 is 1.13 bits per heavy atom. The molecule has 164 valence electrons. The van der Waals surface area contributed by atoms with Crippen LogP contribution in [0.3, 0.4) is 0 Å². The fourth-order valence-corrected chi connectivity index (χ4v) is 5.10. The molecule has 2 amide bonds. The van der Waals surface area contributed by atoms with Crippen molar-refractivity contribution in [2.75, 3.05) is 12.4 Å². The number of carbonyl (C=O) groups is 2. The number of piperidine rings is 1. The third-order valence-electron chi connectivity index (χ3n) is 6.27. The Balaban J connectivity index is 1.43. The molecule has 2 aliphatic rings. The van der Waals surface area contributed by atoms with Gasteiger partial charge in [0.15, 0.2) is 0 Å². The molecule has 0 radical (unpaired) electrons. The highest BCUT2D eigenvalue weighted by Gasteiger charge is 2.41. The number of nitrogens with one attached hydrogen (secondary N) is 2. The van der Waals surface area contributed by atoms with Gasteiger partial charge in [-0.3, -0.25) is 14.5 Å². The molecule has 2 aromatic carbocycles. The molecule has 2 atom stereocenters. The van der Waals surface area contributed by atoms with E-state index in [1.165, 1.54) is 32.4 Å². The number of methoxy groups -OCH3 is 1. The highest BCUT2D eigenvalue weighted by atomic mass is 35.5. The van der Waals surface area contributed by atoms with Gasteiger partial charge in [0.05, 0.1) is 23.4 Å². The molecule has 0 spiro atoms. The van der Waals surface area contributed by atoms with Crippen LogP contribution in [0.5, 0.6) is 5.75 Å². The van der Waals surface area contributed by atoms with Crippen LogP contribution in [0.1, 0.15) is 48.5 Å². The number of anilines is 1. The molecule has 0 aliphatic carbocycles. The van der Waals surface area contributed by atoms with E-state index in [2.05, 4.69) is 39.8 Å². The van der Waals surface area contributed by atoms with Gasteiger partial charge < -0.3 is 15.4 Å². The predicted molar refractivity (Wildman–Crippen MR) is 122 cm³/mol. The molecule has 0 aromatic heterocycles. The van der Waals surface area contributed by atoms with Gasteiger partial charge in [0, 0.05) is 37.7 Å². The predicted octanol–water partition coefficient (Wildman–Crippen LogP) is 4.23. The molecule has 4 rings (SSSR count). The van der Waals surface area contributed by atoms with Crippen molar-refractivity contribution < 1.29 is 14.3 Å². The summed E-state index contributed by atoms with van der Waals surface area (Å²) < 4.78 is 5.39. The van der Waals surface area contributed by atoms with Crippen LogP contribution in [0.4, 0.5) is 5.69 Å². The average molecular weight is 442 g/mol. The third-order valence-corrected chi connectivity index (χ3v) is 6.58. The Kier molecular flexibility index (Phi) is 6.49. The lowest BCUT2D eigenvalue weighted by molar-refractivity contribution is -0.114. The summed E-state index contributed by atoms with van der Waals surface area (Å²) in [6.07, 6.45) is 4.22. The van der Waals surface area contributed by atoms with Crippen LogP contribution in [0.25, 0.3) is 0 Å². The summed E-state index contributed by atoms with van der Waals surface area (Å²) in [7, 11) is 1.50. The molecule has 2 saturated heterocycles. The second-order valence-corrected chi connectivity index (χ2v) is 8.81. The van der Waals surface area contributed by atoms with Gasteiger partial charge in [0.25, 0.3) is 5.91 Å². The zero-order valence-corrected chi connectivity index (χ0v) is 18.6. The van der Waals surface area contributed by atoms with Gasteiger partial charge >= 0.3 is 0 Å². The van der Waals surface area contributed by atoms with Gasteiger partial charge in [-0.1, -0.05) is 41.9 Å². The van der Waals surface area contributed by atoms with E-state index in [-0.39, 0.29) is 17.9 Å². The molecule has 2 aromatic rings. The molecule has 2 unspecified atom stereocenters. The van der Waals surface area contributed by atoms with Crippen LogP contribution >= 0.6 is 11.6 Å². The summed E-state index contributed by atoms with van der Waals surface area (Å²) in [6.45, 7) is 2.37. The molecular formula is C24H28ClN3O3. The van der Waals surface area contributed by atoms with Crippen molar-refractivity contribution in [3.63, 3.8) is 0 Å². The monoisotopic (exact) mass is 441 g/mol. The summed E-state index contributed by atoms with van der Waals surface area (Å²) >= 11 is 6.28. The Morgan fingerprint density at radius 3 is 2.42 bits per heavy atom. The van der Waals surface area contributed by atoms with Gasteiger partial charge in [0.2, 0.25) is 5.91 Å². The molecule has 2 heterocycles. The zero-order valence-electron chi connectivity index (χ0n) is 17.9. The first-order valence-corrected chi connectivity index (χ1v) is 11.1. The van der Waals surface area contributed by atoms with Crippen molar-refractivity contribution in [2.45, 2.75) is 57.3 Å². The fraction of sp³-hybridized carbons (Fsp3) is 0.417. The second kappa shape index (κ2) is 9.28. The number of fused-ring (bicyclic) bond motifs is 2. The summed E-state index contributed by atoms with van der Waals surface area (Å²) in [4.78, 5) is 27.0. The standard InChI is InChI=1S/C24H28ClN3O3/c1-15(29)26-22-13-23(31-2)20(12-21(22)25)24(30)27-17-10-18-8-9-19(11-17)28(18)14-16-6-4-3-5-7-16/h3-7,12-13,17-19H,8-11,14H2,1-2H3,(H,26,29)(H,27,30). The van der Waals surface area contributed by atoms with Crippen molar-refractivity contribution in [1.82, 2.24) is 10.2 Å². The number of benzene rings is 2. The minimum atomic E-state index is -0.237. The van der Waals surface area contributed by atoms with Crippen LogP contribution in [-0.4, -0.2) is 41.9 Å². The minimum Gasteiger partial charge on any atom is -0.496 e. The van der Waals surface area contributed by atoms with E-state index in [1.807, 2.05) is 6.07 Å². The first-order valence-electron chi connectivity index (χ1n) is 10.7. The zero-order chi connectivity index (χ0) is 22.0. The number of amides is 2. The summed E-state index contributed by atoms with van der Waals surface area (Å²) in [5.74, 6) is -0.0527. The lowest BCUT2D eigenvalue weighted by Gasteiger charge is -2.39. The number of carbonyl (C=O) groups excluding carboxylic acids is 2. The maximum atomic E-state index is 13.0. The topological polar surface area (TPSA) is 70.7 Å². The van der Waals surface area contributed by atoms with Crippen molar-refractivity contribution in [2.24, 2.45) is 0 Å². The van der Waals surface area contributed by atoms with E-state index in [0.29, 0.717) is 34.1 Å². The Morgan fingerprint density at radius 2 is 1.81 bits per heavy atom. The molecule has 0 saturated carbocycles. The lowest BCUT2D eigenvalue weighted by atomic mass is 9.96. The molecule has 2 N–H and O–H groups in total. The smallest absolute Gasteiger partial charge is 0.255 e. The van der Waals surface area contributed by atoms with E-state index < -0.39 is 0 Å². The molecule has 7 heteroatoms. The van der Waals surface area contributed by atoms with Crippen molar-refractivity contribution in [3.05, 3.63) is 58.6 Å². The van der Waals surface area contributed by atoms with E-state index in [9.17, 15) is 9.59 Å². The van der Waals surface area contributed by atoms with Crippen molar-refractivity contribution in [3.8, 4) is 5.75 Å². The van der Waals surface area contributed by atoms with E-state index in [4.69, 9.17) is 16.3 Å². The molecule has 2 bridgehead atoms. The van der Waals surface area contributed by atoms with Crippen LogP contribution in [-0.2, 0) is 11.3 Å². The summed E-state index contributed by atoms with van der Waals surface area (Å²) in [5.41, 5.74) is 2.14. The van der Waals surface area contributed by atoms with Gasteiger partial charge in [0.1, 0.15) is 5.75 Å². The lowest BCUT2D eigenvalue weighted by Crippen LogP contribution is -2.50. The summed E-state index contributed by atoms with van der Waals surface area (Å²) in [6, 6.07) is 14.8. The first-order chi connectivity index (χ1) is 14.9. The van der Waals surface area contributed by atoms with Crippen molar-refractivity contribution >= 4 is 29.1 Å². The second-order valence-electron chi connectivity index (χ2n) is 8.40. The quantitative estimate of drug-likeness (QED) is 0.703. The molecule has 2 fully saturated rings. The largest absolute Gasteiger partial charge is 0.496 e. The summed E-state index contributed by atoms with van der Waals surface area (Å²) in [5, 5.41) is 6.15. The average Bonchev–Trinajstić information content (AvgIpc) is 2.97. The third kappa shape index (κ3) is 4.86. The van der Waals surface area contributed by atoms with Crippen molar-refractivity contribution in [1.29, 1.82) is 0 Å². The van der Waals surface area contributed by atoms with E-state index in [0.717, 1.165) is 19.4 Å². The maximum absolute atomic E-state index is 13.0. The minimum absolute atomic E-state index is 0.121. The van der Waals surface area contributed by atoms with Gasteiger partial charge in [-0.05, 0) is 37.3 Å². The number of hydrogen-bond acceptors (Lipinski definition) is 4. The Labute approximate surface area is 187 Å².